The molecule has 0 aromatic heterocycles. The van der Waals surface area contributed by atoms with E-state index in [1.54, 1.807) is 7.05 Å². The Morgan fingerprint density at radius 2 is 2.09 bits per heavy atom. The first-order valence-electron chi connectivity index (χ1n) is 7.18. The monoisotopic (exact) mass is 438 g/mol. The van der Waals surface area contributed by atoms with E-state index in [2.05, 4.69) is 34.4 Å². The Labute approximate surface area is 147 Å². The third-order valence-corrected chi connectivity index (χ3v) is 3.47. The summed E-state index contributed by atoms with van der Waals surface area (Å²) in [6.07, 6.45) is -5.02. The minimum atomic E-state index is -4.15. The molecule has 0 spiro atoms. The lowest BCUT2D eigenvalue weighted by Crippen LogP contribution is -2.53. The van der Waals surface area contributed by atoms with Crippen LogP contribution in [0, 0.1) is 0 Å². The van der Waals surface area contributed by atoms with Crippen LogP contribution >= 0.6 is 24.0 Å². The van der Waals surface area contributed by atoms with E-state index < -0.39 is 12.6 Å². The molecule has 1 fully saturated rings. The molecule has 1 saturated heterocycles. The molecule has 0 aromatic rings. The Morgan fingerprint density at radius 1 is 1.41 bits per heavy atom. The van der Waals surface area contributed by atoms with Gasteiger partial charge in [0.1, 0.15) is 0 Å². The lowest BCUT2D eigenvalue weighted by molar-refractivity contribution is -0.132. The van der Waals surface area contributed by atoms with Crippen LogP contribution in [0.25, 0.3) is 0 Å². The Kier molecular flexibility index (Phi) is 10.3. The summed E-state index contributed by atoms with van der Waals surface area (Å²) in [5, 5.41) is 5.73. The van der Waals surface area contributed by atoms with Gasteiger partial charge in [0, 0.05) is 38.8 Å². The van der Waals surface area contributed by atoms with E-state index in [-0.39, 0.29) is 36.6 Å². The maximum absolute atomic E-state index is 12.1. The fourth-order valence-electron chi connectivity index (χ4n) is 2.30. The number of nitrogens with zero attached hydrogens (tertiary/aromatic N) is 2. The first-order chi connectivity index (χ1) is 9.83. The summed E-state index contributed by atoms with van der Waals surface area (Å²) >= 11 is 0. The highest BCUT2D eigenvalue weighted by atomic mass is 127. The van der Waals surface area contributed by atoms with Crippen molar-refractivity contribution in [1.82, 2.24) is 15.5 Å². The zero-order valence-electron chi connectivity index (χ0n) is 13.2. The molecule has 0 radical (unpaired) electrons. The van der Waals surface area contributed by atoms with Crippen LogP contribution in [0.4, 0.5) is 13.2 Å². The minimum Gasteiger partial charge on any atom is -0.379 e. The number of hydrogen-bond donors (Lipinski definition) is 2. The normalized spacial score (nSPS) is 21.9. The first kappa shape index (κ1) is 21.7. The highest BCUT2D eigenvalue weighted by Gasteiger charge is 2.26. The van der Waals surface area contributed by atoms with Crippen molar-refractivity contribution in [2.24, 2.45) is 4.99 Å². The zero-order valence-corrected chi connectivity index (χ0v) is 15.6. The van der Waals surface area contributed by atoms with Crippen molar-refractivity contribution in [3.63, 3.8) is 0 Å². The SMILES string of the molecule is CN=C(NCCC(F)(F)F)NCC(C)N1CCOCC1C.I. The average Bonchev–Trinajstić information content (AvgIpc) is 2.41. The van der Waals surface area contributed by atoms with E-state index in [9.17, 15) is 13.2 Å². The molecule has 1 aliphatic heterocycles. The van der Waals surface area contributed by atoms with Crippen LogP contribution in [0.15, 0.2) is 4.99 Å². The summed E-state index contributed by atoms with van der Waals surface area (Å²) in [4.78, 5) is 6.25. The Bertz CT molecular complexity index is 342. The summed E-state index contributed by atoms with van der Waals surface area (Å²) in [5.74, 6) is 0.395. The maximum atomic E-state index is 12.1. The van der Waals surface area contributed by atoms with Crippen molar-refractivity contribution < 1.29 is 17.9 Å². The van der Waals surface area contributed by atoms with E-state index in [0.717, 1.165) is 6.54 Å². The summed E-state index contributed by atoms with van der Waals surface area (Å²) in [6, 6.07) is 0.598. The highest BCUT2D eigenvalue weighted by Crippen LogP contribution is 2.18. The van der Waals surface area contributed by atoms with Crippen molar-refractivity contribution >= 4 is 29.9 Å². The number of ether oxygens (including phenoxy) is 1. The number of rotatable bonds is 5. The van der Waals surface area contributed by atoms with E-state index >= 15 is 0 Å². The van der Waals surface area contributed by atoms with Gasteiger partial charge >= 0.3 is 6.18 Å². The molecule has 0 aromatic carbocycles. The standard InChI is InChI=1S/C13H25F3N4O.HI/c1-10(20-6-7-21-9-11(20)2)8-19-12(17-3)18-5-4-13(14,15)16;/h10-11H,4-9H2,1-3H3,(H2,17,18,19);1H. The van der Waals surface area contributed by atoms with Gasteiger partial charge in [-0.05, 0) is 13.8 Å². The predicted molar refractivity (Wildman–Crippen MR) is 91.9 cm³/mol. The molecule has 1 aliphatic rings. The molecule has 132 valence electrons. The van der Waals surface area contributed by atoms with Gasteiger partial charge in [-0.2, -0.15) is 13.2 Å². The minimum absolute atomic E-state index is 0. The number of aliphatic imine (C=N–C) groups is 1. The van der Waals surface area contributed by atoms with Gasteiger partial charge in [0.25, 0.3) is 0 Å². The van der Waals surface area contributed by atoms with Gasteiger partial charge in [-0.1, -0.05) is 0 Å². The van der Waals surface area contributed by atoms with Gasteiger partial charge in [-0.15, -0.1) is 24.0 Å². The second-order valence-electron chi connectivity index (χ2n) is 5.26. The maximum Gasteiger partial charge on any atom is 0.390 e. The molecule has 1 heterocycles. The molecule has 0 bridgehead atoms. The van der Waals surface area contributed by atoms with Gasteiger partial charge in [-0.25, -0.2) is 0 Å². The molecular formula is C13H26F3IN4O. The smallest absolute Gasteiger partial charge is 0.379 e. The molecule has 0 saturated carbocycles. The van der Waals surface area contributed by atoms with E-state index in [1.165, 1.54) is 0 Å². The van der Waals surface area contributed by atoms with Crippen LogP contribution in [0.1, 0.15) is 20.3 Å². The van der Waals surface area contributed by atoms with Crippen molar-refractivity contribution in [2.75, 3.05) is 39.9 Å². The van der Waals surface area contributed by atoms with Crippen LogP contribution in [0.3, 0.4) is 0 Å². The van der Waals surface area contributed by atoms with Crippen LogP contribution in [0.5, 0.6) is 0 Å². The predicted octanol–water partition coefficient (Wildman–Crippen LogP) is 1.83. The van der Waals surface area contributed by atoms with E-state index in [4.69, 9.17) is 4.74 Å². The third kappa shape index (κ3) is 8.37. The second-order valence-corrected chi connectivity index (χ2v) is 5.26. The number of hydrogen-bond acceptors (Lipinski definition) is 3. The highest BCUT2D eigenvalue weighted by molar-refractivity contribution is 14.0. The van der Waals surface area contributed by atoms with Gasteiger partial charge in [0.2, 0.25) is 0 Å². The number of alkyl halides is 3. The Morgan fingerprint density at radius 3 is 2.64 bits per heavy atom. The summed E-state index contributed by atoms with van der Waals surface area (Å²) < 4.78 is 41.7. The average molecular weight is 438 g/mol. The number of morpholine rings is 1. The molecule has 2 unspecified atom stereocenters. The van der Waals surface area contributed by atoms with Gasteiger partial charge in [0.05, 0.1) is 19.6 Å². The van der Waals surface area contributed by atoms with Crippen LogP contribution in [0.2, 0.25) is 0 Å². The van der Waals surface area contributed by atoms with Crippen LogP contribution in [-0.2, 0) is 4.74 Å². The lowest BCUT2D eigenvalue weighted by atomic mass is 10.2. The third-order valence-electron chi connectivity index (χ3n) is 3.47. The molecule has 5 nitrogen and oxygen atoms in total. The molecule has 9 heteroatoms. The summed E-state index contributed by atoms with van der Waals surface area (Å²) in [7, 11) is 1.55. The first-order valence-corrected chi connectivity index (χ1v) is 7.18. The summed E-state index contributed by atoms with van der Waals surface area (Å²) in [5.41, 5.74) is 0. The molecule has 2 atom stereocenters. The van der Waals surface area contributed by atoms with Gasteiger partial charge < -0.3 is 15.4 Å². The van der Waals surface area contributed by atoms with Crippen molar-refractivity contribution in [3.8, 4) is 0 Å². The molecule has 22 heavy (non-hydrogen) atoms. The molecule has 2 N–H and O–H groups in total. The fourth-order valence-corrected chi connectivity index (χ4v) is 2.30. The largest absolute Gasteiger partial charge is 0.390 e. The Balaban J connectivity index is 0.00000441. The molecular weight excluding hydrogens is 412 g/mol. The van der Waals surface area contributed by atoms with Gasteiger partial charge in [-0.3, -0.25) is 9.89 Å². The van der Waals surface area contributed by atoms with Crippen molar-refractivity contribution in [3.05, 3.63) is 0 Å². The van der Waals surface area contributed by atoms with E-state index in [0.29, 0.717) is 31.8 Å². The number of halogens is 4. The second kappa shape index (κ2) is 10.5. The van der Waals surface area contributed by atoms with Crippen molar-refractivity contribution in [2.45, 2.75) is 38.5 Å². The summed E-state index contributed by atoms with van der Waals surface area (Å²) in [6.45, 7) is 6.92. The number of guanidine groups is 1. The van der Waals surface area contributed by atoms with Crippen molar-refractivity contribution in [1.29, 1.82) is 0 Å². The van der Waals surface area contributed by atoms with Gasteiger partial charge in [0.15, 0.2) is 5.96 Å². The Hall–Kier alpha value is -0.290. The number of nitrogens with one attached hydrogen (secondary N) is 2. The van der Waals surface area contributed by atoms with Crippen LogP contribution in [-0.4, -0.2) is 69.0 Å². The fraction of sp³-hybridized carbons (Fsp3) is 0.923. The van der Waals surface area contributed by atoms with Crippen LogP contribution < -0.4 is 10.6 Å². The quantitative estimate of drug-likeness (QED) is 0.391. The lowest BCUT2D eigenvalue weighted by Gasteiger charge is -2.38. The molecule has 0 amide bonds. The molecule has 1 rings (SSSR count). The topological polar surface area (TPSA) is 48.9 Å². The molecule has 0 aliphatic carbocycles. The van der Waals surface area contributed by atoms with E-state index in [1.807, 2.05) is 0 Å². The zero-order chi connectivity index (χ0) is 15.9.